The van der Waals surface area contributed by atoms with Gasteiger partial charge in [-0.15, -0.1) is 0 Å². The summed E-state index contributed by atoms with van der Waals surface area (Å²) in [4.78, 5) is 19.3. The summed E-state index contributed by atoms with van der Waals surface area (Å²) in [5.74, 6) is 0.184. The molecule has 0 bridgehead atoms. The van der Waals surface area contributed by atoms with Crippen LogP contribution in [0.25, 0.3) is 0 Å². The Morgan fingerprint density at radius 1 is 1.19 bits per heavy atom. The lowest BCUT2D eigenvalue weighted by atomic mass is 10.1. The molecule has 3 heterocycles. The van der Waals surface area contributed by atoms with Crippen molar-refractivity contribution in [1.29, 1.82) is 0 Å². The lowest BCUT2D eigenvalue weighted by Crippen LogP contribution is -2.33. The summed E-state index contributed by atoms with van der Waals surface area (Å²) in [5, 5.41) is 0. The molecule has 1 aliphatic heterocycles. The van der Waals surface area contributed by atoms with Crippen molar-refractivity contribution >= 4 is 5.91 Å². The number of hydrogen-bond acceptors (Lipinski definition) is 2. The molecule has 5 nitrogen and oxygen atoms in total. The molecule has 26 heavy (non-hydrogen) atoms. The highest BCUT2D eigenvalue weighted by atomic mass is 16.2. The molecule has 2 aromatic heterocycles. The molecule has 1 saturated heterocycles. The number of benzene rings is 1. The largest absolute Gasteiger partial charge is 0.353 e. The lowest BCUT2D eigenvalue weighted by Gasteiger charge is -2.25. The van der Waals surface area contributed by atoms with Crippen LogP contribution in [0.15, 0.2) is 61.2 Å². The molecule has 1 atom stereocenters. The van der Waals surface area contributed by atoms with E-state index in [4.69, 9.17) is 0 Å². The Kier molecular flexibility index (Phi) is 4.61. The number of aryl methyl sites for hydroxylation is 1. The van der Waals surface area contributed by atoms with Crippen LogP contribution in [0.1, 0.15) is 35.8 Å². The van der Waals surface area contributed by atoms with Crippen LogP contribution >= 0.6 is 0 Å². The molecule has 3 aromatic rings. The number of amides is 1. The first-order chi connectivity index (χ1) is 12.7. The quantitative estimate of drug-likeness (QED) is 0.711. The van der Waals surface area contributed by atoms with Crippen molar-refractivity contribution in [2.24, 2.45) is 7.05 Å². The Morgan fingerprint density at radius 3 is 2.81 bits per heavy atom. The summed E-state index contributed by atoms with van der Waals surface area (Å²) in [6, 6.07) is 14.6. The normalized spacial score (nSPS) is 17.0. The van der Waals surface area contributed by atoms with E-state index in [0.29, 0.717) is 6.42 Å². The van der Waals surface area contributed by atoms with Gasteiger partial charge in [-0.2, -0.15) is 0 Å². The highest BCUT2D eigenvalue weighted by Gasteiger charge is 2.31. The zero-order chi connectivity index (χ0) is 17.9. The molecule has 0 N–H and O–H groups in total. The maximum atomic E-state index is 13.0. The maximum absolute atomic E-state index is 13.0. The van der Waals surface area contributed by atoms with Crippen LogP contribution < -0.4 is 0 Å². The van der Waals surface area contributed by atoms with Gasteiger partial charge in [0.1, 0.15) is 0 Å². The molecular formula is C21H24N4O. The predicted molar refractivity (Wildman–Crippen MR) is 101 cm³/mol. The number of likely N-dealkylation sites (tertiary alicyclic amines) is 1. The SMILES string of the molecule is Cn1cccc1C1CCCN1C(=O)Cc1cncn1Cc1ccccc1. The van der Waals surface area contributed by atoms with Crippen molar-refractivity contribution in [3.63, 3.8) is 0 Å². The molecule has 0 aliphatic carbocycles. The smallest absolute Gasteiger partial charge is 0.229 e. The highest BCUT2D eigenvalue weighted by molar-refractivity contribution is 5.79. The minimum atomic E-state index is 0.184. The van der Waals surface area contributed by atoms with Gasteiger partial charge < -0.3 is 14.0 Å². The van der Waals surface area contributed by atoms with E-state index in [2.05, 4.69) is 32.3 Å². The van der Waals surface area contributed by atoms with E-state index in [1.807, 2.05) is 54.9 Å². The first-order valence-electron chi connectivity index (χ1n) is 9.16. The van der Waals surface area contributed by atoms with Crippen LogP contribution in [0.2, 0.25) is 0 Å². The molecule has 0 saturated carbocycles. The van der Waals surface area contributed by atoms with Crippen molar-refractivity contribution < 1.29 is 4.79 Å². The van der Waals surface area contributed by atoms with E-state index >= 15 is 0 Å². The summed E-state index contributed by atoms with van der Waals surface area (Å²) in [6.07, 6.45) is 8.17. The maximum Gasteiger partial charge on any atom is 0.229 e. The molecule has 5 heteroatoms. The van der Waals surface area contributed by atoms with E-state index in [1.165, 1.54) is 11.3 Å². The highest BCUT2D eigenvalue weighted by Crippen LogP contribution is 2.32. The second kappa shape index (κ2) is 7.20. The molecule has 1 aromatic carbocycles. The average molecular weight is 348 g/mol. The molecule has 0 spiro atoms. The number of hydrogen-bond donors (Lipinski definition) is 0. The Hall–Kier alpha value is -2.82. The fraction of sp³-hybridized carbons (Fsp3) is 0.333. The molecule has 1 unspecified atom stereocenters. The van der Waals surface area contributed by atoms with Gasteiger partial charge in [-0.25, -0.2) is 4.98 Å². The van der Waals surface area contributed by atoms with E-state index in [1.54, 1.807) is 0 Å². The number of aromatic nitrogens is 3. The van der Waals surface area contributed by atoms with Crippen molar-refractivity contribution in [3.8, 4) is 0 Å². The summed E-state index contributed by atoms with van der Waals surface area (Å²) in [5.41, 5.74) is 3.40. The Labute approximate surface area is 153 Å². The Bertz CT molecular complexity index is 880. The monoisotopic (exact) mass is 348 g/mol. The number of imidazole rings is 1. The van der Waals surface area contributed by atoms with Gasteiger partial charge in [-0.1, -0.05) is 30.3 Å². The van der Waals surface area contributed by atoms with Crippen LogP contribution in [0.5, 0.6) is 0 Å². The fourth-order valence-electron chi connectivity index (χ4n) is 3.87. The number of carbonyl (C=O) groups excluding carboxylic acids is 1. The van der Waals surface area contributed by atoms with Gasteiger partial charge in [0.25, 0.3) is 0 Å². The van der Waals surface area contributed by atoms with Crippen LogP contribution in [-0.4, -0.2) is 31.5 Å². The van der Waals surface area contributed by atoms with Crippen LogP contribution in [0.4, 0.5) is 0 Å². The van der Waals surface area contributed by atoms with E-state index in [-0.39, 0.29) is 11.9 Å². The van der Waals surface area contributed by atoms with Crippen molar-refractivity contribution in [2.75, 3.05) is 6.54 Å². The van der Waals surface area contributed by atoms with Gasteiger partial charge in [0.05, 0.1) is 18.8 Å². The lowest BCUT2D eigenvalue weighted by molar-refractivity contribution is -0.131. The predicted octanol–water partition coefficient (Wildman–Crippen LogP) is 3.18. The van der Waals surface area contributed by atoms with Gasteiger partial charge in [0, 0.05) is 43.9 Å². The van der Waals surface area contributed by atoms with Gasteiger partial charge in [-0.3, -0.25) is 4.79 Å². The molecule has 1 amide bonds. The zero-order valence-electron chi connectivity index (χ0n) is 15.1. The van der Waals surface area contributed by atoms with Crippen LogP contribution in [0, 0.1) is 0 Å². The molecule has 4 rings (SSSR count). The van der Waals surface area contributed by atoms with Crippen molar-refractivity contribution in [2.45, 2.75) is 31.8 Å². The van der Waals surface area contributed by atoms with Crippen molar-refractivity contribution in [3.05, 3.63) is 78.1 Å². The van der Waals surface area contributed by atoms with E-state index in [9.17, 15) is 4.79 Å². The van der Waals surface area contributed by atoms with Crippen LogP contribution in [-0.2, 0) is 24.8 Å². The fourth-order valence-corrected chi connectivity index (χ4v) is 3.87. The molecular weight excluding hydrogens is 324 g/mol. The number of carbonyl (C=O) groups is 1. The molecule has 134 valence electrons. The van der Waals surface area contributed by atoms with Gasteiger partial charge in [0.2, 0.25) is 5.91 Å². The molecule has 1 aliphatic rings. The van der Waals surface area contributed by atoms with Gasteiger partial charge in [0.15, 0.2) is 0 Å². The minimum Gasteiger partial charge on any atom is -0.353 e. The summed E-state index contributed by atoms with van der Waals surface area (Å²) in [7, 11) is 2.05. The number of rotatable bonds is 5. The third-order valence-electron chi connectivity index (χ3n) is 5.23. The summed E-state index contributed by atoms with van der Waals surface area (Å²) < 4.78 is 4.19. The summed E-state index contributed by atoms with van der Waals surface area (Å²) >= 11 is 0. The first-order valence-corrected chi connectivity index (χ1v) is 9.16. The molecule has 0 radical (unpaired) electrons. The van der Waals surface area contributed by atoms with E-state index in [0.717, 1.165) is 31.6 Å². The third kappa shape index (κ3) is 3.29. The number of nitrogens with zero attached hydrogens (tertiary/aromatic N) is 4. The molecule has 1 fully saturated rings. The third-order valence-corrected chi connectivity index (χ3v) is 5.23. The Balaban J connectivity index is 1.48. The topological polar surface area (TPSA) is 43.1 Å². The van der Waals surface area contributed by atoms with E-state index < -0.39 is 0 Å². The standard InChI is InChI=1S/C21H24N4O/c1-23-11-5-9-19(23)20-10-6-12-25(20)21(26)13-18-14-22-16-24(18)15-17-7-3-2-4-8-17/h2-5,7-9,11,14,16,20H,6,10,12-13,15H2,1H3. The minimum absolute atomic E-state index is 0.184. The summed E-state index contributed by atoms with van der Waals surface area (Å²) in [6.45, 7) is 1.58. The second-order valence-corrected chi connectivity index (χ2v) is 6.96. The van der Waals surface area contributed by atoms with Crippen LogP contribution in [0.3, 0.4) is 0 Å². The van der Waals surface area contributed by atoms with Gasteiger partial charge in [-0.05, 0) is 30.5 Å². The van der Waals surface area contributed by atoms with Crippen molar-refractivity contribution in [1.82, 2.24) is 19.0 Å². The Morgan fingerprint density at radius 2 is 2.04 bits per heavy atom. The second-order valence-electron chi connectivity index (χ2n) is 6.96. The average Bonchev–Trinajstić information content (AvgIpc) is 3.37. The first kappa shape index (κ1) is 16.6. The zero-order valence-corrected chi connectivity index (χ0v) is 15.1. The van der Waals surface area contributed by atoms with Gasteiger partial charge >= 0.3 is 0 Å².